The van der Waals surface area contributed by atoms with Crippen LogP contribution in [-0.4, -0.2) is 34.0 Å². The van der Waals surface area contributed by atoms with Gasteiger partial charge in [0.05, 0.1) is 5.92 Å². The summed E-state index contributed by atoms with van der Waals surface area (Å²) >= 11 is 0. The van der Waals surface area contributed by atoms with Gasteiger partial charge in [-0.2, -0.15) is 0 Å². The van der Waals surface area contributed by atoms with E-state index in [2.05, 4.69) is 21.9 Å². The maximum atomic E-state index is 12.0. The van der Waals surface area contributed by atoms with Gasteiger partial charge < -0.3 is 9.80 Å². The average Bonchev–Trinajstić information content (AvgIpc) is 2.98. The van der Waals surface area contributed by atoms with E-state index in [0.29, 0.717) is 0 Å². The van der Waals surface area contributed by atoms with Crippen LogP contribution in [0, 0.1) is 31.6 Å². The molecule has 109 valence electrons. The topological polar surface area (TPSA) is 23.6 Å². The van der Waals surface area contributed by atoms with Crippen LogP contribution in [0.1, 0.15) is 5.56 Å². The van der Waals surface area contributed by atoms with Crippen LogP contribution in [0.5, 0.6) is 0 Å². The lowest BCUT2D eigenvalue weighted by atomic mass is 10.0. The van der Waals surface area contributed by atoms with E-state index in [1.54, 1.807) is 6.08 Å². The Bertz CT molecular complexity index is 526. The number of benzene rings is 1. The van der Waals surface area contributed by atoms with E-state index in [9.17, 15) is 4.79 Å². The van der Waals surface area contributed by atoms with Gasteiger partial charge in [0.25, 0.3) is 0 Å². The molecule has 0 amide bonds. The zero-order valence-corrected chi connectivity index (χ0v) is 13.0. The Hall–Kier alpha value is -1.77. The highest BCUT2D eigenvalue weighted by molar-refractivity contribution is 6.07. The fourth-order valence-corrected chi connectivity index (χ4v) is 2.14. The third-order valence-electron chi connectivity index (χ3n) is 3.37. The molecule has 1 aromatic rings. The second kappa shape index (κ2) is 6.79. The molecule has 3 nitrogen and oxygen atoms in total. The van der Waals surface area contributed by atoms with Gasteiger partial charge >= 0.3 is 0 Å². The summed E-state index contributed by atoms with van der Waals surface area (Å²) in [4.78, 5) is 16.1. The van der Waals surface area contributed by atoms with Crippen LogP contribution in [0.4, 0.5) is 11.4 Å². The monoisotopic (exact) mass is 281 g/mol. The molecule has 1 aliphatic rings. The maximum absolute atomic E-state index is 12.0. The first kappa shape index (κ1) is 15.6. The molecule has 0 aromatic heterocycles. The minimum Gasteiger partial charge on any atom is -0.378 e. The zero-order chi connectivity index (χ0) is 15.4. The Balaban J connectivity index is 2.20. The van der Waals surface area contributed by atoms with Gasteiger partial charge in [0, 0.05) is 39.6 Å². The Morgan fingerprint density at radius 3 is 2.24 bits per heavy atom. The van der Waals surface area contributed by atoms with Crippen molar-refractivity contribution in [2.45, 2.75) is 0 Å². The molecule has 0 saturated heterocycles. The van der Waals surface area contributed by atoms with E-state index in [-0.39, 0.29) is 5.78 Å². The molecule has 0 N–H and O–H groups in total. The van der Waals surface area contributed by atoms with E-state index in [1.165, 1.54) is 0 Å². The van der Waals surface area contributed by atoms with E-state index >= 15 is 0 Å². The van der Waals surface area contributed by atoms with Crippen LogP contribution < -0.4 is 9.80 Å². The third-order valence-corrected chi connectivity index (χ3v) is 3.37. The molecule has 1 saturated carbocycles. The highest BCUT2D eigenvalue weighted by Gasteiger charge is 2.22. The Kier molecular flexibility index (Phi) is 5.05. The van der Waals surface area contributed by atoms with Gasteiger partial charge in [-0.3, -0.25) is 4.79 Å². The third kappa shape index (κ3) is 3.87. The number of hydrogen-bond acceptors (Lipinski definition) is 3. The van der Waals surface area contributed by atoms with Gasteiger partial charge in [-0.15, -0.1) is 0 Å². The molecule has 0 aliphatic heterocycles. The molecular weight excluding hydrogens is 260 g/mol. The Morgan fingerprint density at radius 2 is 1.67 bits per heavy atom. The van der Waals surface area contributed by atoms with Crippen LogP contribution in [0.15, 0.2) is 24.3 Å². The van der Waals surface area contributed by atoms with Gasteiger partial charge in [-0.1, -0.05) is 6.07 Å². The van der Waals surface area contributed by atoms with Gasteiger partial charge in [0.1, 0.15) is 0 Å². The molecule has 3 heteroatoms. The van der Waals surface area contributed by atoms with Crippen molar-refractivity contribution in [3.63, 3.8) is 0 Å². The second-order valence-electron chi connectivity index (χ2n) is 5.40. The van der Waals surface area contributed by atoms with Crippen molar-refractivity contribution >= 4 is 23.2 Å². The number of allylic oxidation sites excluding steroid dienone is 1. The van der Waals surface area contributed by atoms with Gasteiger partial charge in [-0.05, 0) is 55.5 Å². The molecule has 1 aromatic carbocycles. The number of ketones is 1. The molecule has 5 radical (unpaired) electrons. The molecule has 21 heavy (non-hydrogen) atoms. The number of nitrogens with zero attached hydrogens (tertiary/aromatic N) is 2. The summed E-state index contributed by atoms with van der Waals surface area (Å²) in [5, 5.41) is 0. The van der Waals surface area contributed by atoms with Crippen molar-refractivity contribution in [3.8, 4) is 0 Å². The standard InChI is InChI=1S/C18H21N2O/c1-19(2)16-11-9-14(17(13-16)20(3)4)10-12-18(21)15-7-5-6-8-15/h5-13H,1-4H3/b12-10+. The lowest BCUT2D eigenvalue weighted by Gasteiger charge is -2.20. The van der Waals surface area contributed by atoms with E-state index in [0.717, 1.165) is 22.9 Å². The highest BCUT2D eigenvalue weighted by Crippen LogP contribution is 2.27. The van der Waals surface area contributed by atoms with E-state index in [1.807, 2.05) is 66.0 Å². The number of hydrogen-bond donors (Lipinski definition) is 0. The van der Waals surface area contributed by atoms with Crippen molar-refractivity contribution in [2.75, 3.05) is 38.0 Å². The number of carbonyl (C=O) groups is 1. The minimum atomic E-state index is 0.0291. The SMILES string of the molecule is CN(C)c1ccc(/C=C/C(=O)[C]2[CH][CH][CH][CH]2)c(N(C)C)c1. The molecule has 1 fully saturated rings. The van der Waals surface area contributed by atoms with Crippen molar-refractivity contribution in [3.05, 3.63) is 61.4 Å². The predicted octanol–water partition coefficient (Wildman–Crippen LogP) is 2.81. The fourth-order valence-electron chi connectivity index (χ4n) is 2.14. The Labute approximate surface area is 128 Å². The summed E-state index contributed by atoms with van der Waals surface area (Å²) in [6.07, 6.45) is 10.9. The summed E-state index contributed by atoms with van der Waals surface area (Å²) in [6, 6.07) is 6.21. The summed E-state index contributed by atoms with van der Waals surface area (Å²) in [7, 11) is 8.04. The molecular formula is C18H21N2O. The van der Waals surface area contributed by atoms with Crippen LogP contribution in [-0.2, 0) is 4.79 Å². The van der Waals surface area contributed by atoms with Crippen LogP contribution in [0.25, 0.3) is 6.08 Å². The highest BCUT2D eigenvalue weighted by atomic mass is 16.1. The average molecular weight is 281 g/mol. The van der Waals surface area contributed by atoms with Crippen molar-refractivity contribution in [1.82, 2.24) is 0 Å². The second-order valence-corrected chi connectivity index (χ2v) is 5.40. The predicted molar refractivity (Wildman–Crippen MR) is 89.6 cm³/mol. The first-order valence-corrected chi connectivity index (χ1v) is 6.92. The summed E-state index contributed by atoms with van der Waals surface area (Å²) in [5.74, 6) is 0.754. The van der Waals surface area contributed by atoms with E-state index < -0.39 is 0 Å². The van der Waals surface area contributed by atoms with Gasteiger partial charge in [0.2, 0.25) is 0 Å². The van der Waals surface area contributed by atoms with Crippen LogP contribution in [0.3, 0.4) is 0 Å². The minimum absolute atomic E-state index is 0.0291. The molecule has 0 unspecified atom stereocenters. The number of rotatable bonds is 5. The van der Waals surface area contributed by atoms with Crippen molar-refractivity contribution in [2.24, 2.45) is 0 Å². The van der Waals surface area contributed by atoms with Gasteiger partial charge in [0.15, 0.2) is 5.78 Å². The summed E-state index contributed by atoms with van der Waals surface area (Å²) in [6.45, 7) is 0. The lowest BCUT2D eigenvalue weighted by Crippen LogP contribution is -2.13. The number of carbonyl (C=O) groups excluding carboxylic acids is 1. The molecule has 0 atom stereocenters. The Morgan fingerprint density at radius 1 is 1.00 bits per heavy atom. The first-order valence-electron chi connectivity index (χ1n) is 6.92. The molecule has 2 rings (SSSR count). The quantitative estimate of drug-likeness (QED) is 0.775. The molecule has 0 heterocycles. The lowest BCUT2D eigenvalue weighted by molar-refractivity contribution is -0.112. The van der Waals surface area contributed by atoms with E-state index in [4.69, 9.17) is 0 Å². The zero-order valence-electron chi connectivity index (χ0n) is 13.0. The van der Waals surface area contributed by atoms with Gasteiger partial charge in [-0.25, -0.2) is 0 Å². The smallest absolute Gasteiger partial charge is 0.163 e. The number of anilines is 2. The summed E-state index contributed by atoms with van der Waals surface area (Å²) in [5.41, 5.74) is 3.26. The summed E-state index contributed by atoms with van der Waals surface area (Å²) < 4.78 is 0. The normalized spacial score (nSPS) is 15.6. The molecule has 1 aliphatic carbocycles. The fraction of sp³-hybridized carbons (Fsp3) is 0.222. The van der Waals surface area contributed by atoms with Crippen LogP contribution >= 0.6 is 0 Å². The maximum Gasteiger partial charge on any atom is 0.163 e. The first-order chi connectivity index (χ1) is 9.99. The molecule has 0 bridgehead atoms. The van der Waals surface area contributed by atoms with Crippen LogP contribution in [0.2, 0.25) is 0 Å². The van der Waals surface area contributed by atoms with Crippen molar-refractivity contribution < 1.29 is 4.79 Å². The molecule has 0 spiro atoms. The van der Waals surface area contributed by atoms with Crippen molar-refractivity contribution in [1.29, 1.82) is 0 Å². The largest absolute Gasteiger partial charge is 0.378 e.